The predicted molar refractivity (Wildman–Crippen MR) is 81.2 cm³/mol. The number of thiazole rings is 1. The topological polar surface area (TPSA) is 38.9 Å². The van der Waals surface area contributed by atoms with E-state index in [0.717, 1.165) is 28.4 Å². The Hall–Kier alpha value is -2.13. The summed E-state index contributed by atoms with van der Waals surface area (Å²) in [6.45, 7) is 0. The molecule has 1 aromatic heterocycles. The third kappa shape index (κ3) is 2.66. The van der Waals surface area contributed by atoms with Gasteiger partial charge in [-0.1, -0.05) is 48.5 Å². The van der Waals surface area contributed by atoms with E-state index in [2.05, 4.69) is 34.6 Å². The molecule has 3 rings (SSSR count). The van der Waals surface area contributed by atoms with Crippen molar-refractivity contribution >= 4 is 17.0 Å². The Morgan fingerprint density at radius 3 is 2.47 bits per heavy atom. The number of hydrogen-bond acceptors (Lipinski definition) is 3. The molecule has 0 aliphatic rings. The predicted octanol–water partition coefficient (Wildman–Crippen LogP) is 3.98. The van der Waals surface area contributed by atoms with E-state index in [1.807, 2.05) is 30.3 Å². The second-order valence-corrected chi connectivity index (χ2v) is 5.32. The maximum absolute atomic E-state index is 5.98. The fourth-order valence-corrected chi connectivity index (χ4v) is 2.84. The highest BCUT2D eigenvalue weighted by Gasteiger charge is 2.07. The van der Waals surface area contributed by atoms with E-state index in [4.69, 9.17) is 5.73 Å². The van der Waals surface area contributed by atoms with Crippen LogP contribution in [0, 0.1) is 0 Å². The molecule has 94 valence electrons. The highest BCUT2D eigenvalue weighted by Crippen LogP contribution is 2.27. The van der Waals surface area contributed by atoms with E-state index in [9.17, 15) is 0 Å². The van der Waals surface area contributed by atoms with Crippen LogP contribution in [-0.4, -0.2) is 4.98 Å². The molecule has 0 unspecified atom stereocenters. The first kappa shape index (κ1) is 11.9. The van der Waals surface area contributed by atoms with E-state index < -0.39 is 0 Å². The van der Waals surface area contributed by atoms with Gasteiger partial charge >= 0.3 is 0 Å². The molecular formula is C16H14N2S. The molecule has 2 N–H and O–H groups in total. The first-order valence-corrected chi connectivity index (χ1v) is 7.04. The largest absolute Gasteiger partial charge is 0.398 e. The Bertz CT molecular complexity index is 674. The van der Waals surface area contributed by atoms with E-state index in [1.54, 1.807) is 11.3 Å². The number of benzene rings is 2. The Kier molecular flexibility index (Phi) is 3.29. The van der Waals surface area contributed by atoms with Crippen molar-refractivity contribution in [2.24, 2.45) is 0 Å². The van der Waals surface area contributed by atoms with E-state index >= 15 is 0 Å². The molecule has 0 spiro atoms. The molecule has 1 heterocycles. The van der Waals surface area contributed by atoms with Crippen LogP contribution in [0.1, 0.15) is 10.6 Å². The van der Waals surface area contributed by atoms with Crippen LogP contribution in [0.5, 0.6) is 0 Å². The number of nitrogen functional groups attached to an aromatic ring is 1. The summed E-state index contributed by atoms with van der Waals surface area (Å²) in [5, 5.41) is 3.19. The van der Waals surface area contributed by atoms with Gasteiger partial charge in [0.1, 0.15) is 0 Å². The lowest BCUT2D eigenvalue weighted by molar-refractivity contribution is 1.14. The number of nitrogens with zero attached hydrogens (tertiary/aromatic N) is 1. The van der Waals surface area contributed by atoms with Crippen LogP contribution in [-0.2, 0) is 6.42 Å². The van der Waals surface area contributed by atoms with Gasteiger partial charge in [-0.2, -0.15) is 0 Å². The highest BCUT2D eigenvalue weighted by atomic mass is 32.1. The van der Waals surface area contributed by atoms with Gasteiger partial charge in [-0.05, 0) is 11.6 Å². The van der Waals surface area contributed by atoms with Crippen LogP contribution in [0.15, 0.2) is 60.0 Å². The van der Waals surface area contributed by atoms with Crippen molar-refractivity contribution in [1.82, 2.24) is 4.98 Å². The maximum Gasteiger partial charge on any atom is 0.0976 e. The number of anilines is 1. The summed E-state index contributed by atoms with van der Waals surface area (Å²) < 4.78 is 0. The summed E-state index contributed by atoms with van der Waals surface area (Å²) in [4.78, 5) is 4.68. The van der Waals surface area contributed by atoms with Gasteiger partial charge in [-0.15, -0.1) is 11.3 Å². The molecule has 0 atom stereocenters. The van der Waals surface area contributed by atoms with Crippen molar-refractivity contribution in [2.75, 3.05) is 5.73 Å². The van der Waals surface area contributed by atoms with E-state index in [-0.39, 0.29) is 0 Å². The molecule has 19 heavy (non-hydrogen) atoms. The zero-order valence-corrected chi connectivity index (χ0v) is 11.2. The monoisotopic (exact) mass is 266 g/mol. The van der Waals surface area contributed by atoms with Crippen LogP contribution in [0.4, 0.5) is 5.69 Å². The molecule has 0 saturated carbocycles. The number of para-hydroxylation sites is 1. The molecule has 3 aromatic rings. The Labute approximate surface area is 116 Å². The van der Waals surface area contributed by atoms with Crippen molar-refractivity contribution in [2.45, 2.75) is 6.42 Å². The van der Waals surface area contributed by atoms with E-state index in [1.165, 1.54) is 5.56 Å². The fourth-order valence-electron chi connectivity index (χ4n) is 2.02. The van der Waals surface area contributed by atoms with E-state index in [0.29, 0.717) is 0 Å². The second kappa shape index (κ2) is 5.24. The van der Waals surface area contributed by atoms with Crippen molar-refractivity contribution < 1.29 is 0 Å². The first-order chi connectivity index (χ1) is 9.33. The lowest BCUT2D eigenvalue weighted by atomic mass is 10.1. The van der Waals surface area contributed by atoms with Crippen LogP contribution >= 0.6 is 11.3 Å². The number of hydrogen-bond donors (Lipinski definition) is 1. The van der Waals surface area contributed by atoms with Crippen molar-refractivity contribution in [3.05, 3.63) is 70.5 Å². The zero-order valence-electron chi connectivity index (χ0n) is 10.4. The summed E-state index contributed by atoms with van der Waals surface area (Å²) in [7, 11) is 0. The number of rotatable bonds is 3. The molecular weight excluding hydrogens is 252 g/mol. The third-order valence-electron chi connectivity index (χ3n) is 2.99. The molecule has 0 radical (unpaired) electrons. The SMILES string of the molecule is Nc1ccccc1-c1csc(Cc2ccccc2)n1. The van der Waals surface area contributed by atoms with Gasteiger partial charge in [0, 0.05) is 23.1 Å². The summed E-state index contributed by atoms with van der Waals surface area (Å²) in [5.74, 6) is 0. The molecule has 0 amide bonds. The Morgan fingerprint density at radius 1 is 0.947 bits per heavy atom. The average Bonchev–Trinajstić information content (AvgIpc) is 2.89. The summed E-state index contributed by atoms with van der Waals surface area (Å²) in [5.41, 5.74) is 10.0. The normalized spacial score (nSPS) is 10.5. The van der Waals surface area contributed by atoms with Crippen LogP contribution in [0.2, 0.25) is 0 Å². The second-order valence-electron chi connectivity index (χ2n) is 4.38. The van der Waals surface area contributed by atoms with Gasteiger partial charge in [0.15, 0.2) is 0 Å². The number of nitrogens with two attached hydrogens (primary N) is 1. The average molecular weight is 266 g/mol. The minimum absolute atomic E-state index is 0.777. The van der Waals surface area contributed by atoms with Gasteiger partial charge < -0.3 is 5.73 Å². The Morgan fingerprint density at radius 2 is 1.68 bits per heavy atom. The lowest BCUT2D eigenvalue weighted by Gasteiger charge is -2.01. The molecule has 0 aliphatic heterocycles. The van der Waals surface area contributed by atoms with Gasteiger partial charge in [0.05, 0.1) is 10.7 Å². The molecule has 2 aromatic carbocycles. The van der Waals surface area contributed by atoms with Crippen molar-refractivity contribution in [3.63, 3.8) is 0 Å². The summed E-state index contributed by atoms with van der Waals surface area (Å²) in [6, 6.07) is 18.2. The summed E-state index contributed by atoms with van der Waals surface area (Å²) in [6.07, 6.45) is 0.873. The minimum atomic E-state index is 0.777. The molecule has 3 heteroatoms. The van der Waals surface area contributed by atoms with Crippen molar-refractivity contribution in [1.29, 1.82) is 0 Å². The van der Waals surface area contributed by atoms with Gasteiger partial charge in [0.25, 0.3) is 0 Å². The minimum Gasteiger partial charge on any atom is -0.398 e. The fraction of sp³-hybridized carbons (Fsp3) is 0.0625. The van der Waals surface area contributed by atoms with Crippen molar-refractivity contribution in [3.8, 4) is 11.3 Å². The molecule has 2 nitrogen and oxygen atoms in total. The van der Waals surface area contributed by atoms with Gasteiger partial charge in [-0.3, -0.25) is 0 Å². The molecule has 0 aliphatic carbocycles. The third-order valence-corrected chi connectivity index (χ3v) is 3.84. The highest BCUT2D eigenvalue weighted by molar-refractivity contribution is 7.10. The van der Waals surface area contributed by atoms with Crippen LogP contribution in [0.25, 0.3) is 11.3 Å². The first-order valence-electron chi connectivity index (χ1n) is 6.16. The van der Waals surface area contributed by atoms with Crippen LogP contribution < -0.4 is 5.73 Å². The van der Waals surface area contributed by atoms with Gasteiger partial charge in [-0.25, -0.2) is 4.98 Å². The molecule has 0 bridgehead atoms. The van der Waals surface area contributed by atoms with Crippen LogP contribution in [0.3, 0.4) is 0 Å². The summed E-state index contributed by atoms with van der Waals surface area (Å²) >= 11 is 1.68. The smallest absolute Gasteiger partial charge is 0.0976 e. The zero-order chi connectivity index (χ0) is 13.1. The Balaban J connectivity index is 1.86. The number of aromatic nitrogens is 1. The maximum atomic E-state index is 5.98. The standard InChI is InChI=1S/C16H14N2S/c17-14-9-5-4-8-13(14)15-11-19-16(18-15)10-12-6-2-1-3-7-12/h1-9,11H,10,17H2. The molecule has 0 fully saturated rings. The molecule has 0 saturated heterocycles. The quantitative estimate of drug-likeness (QED) is 0.728. The van der Waals surface area contributed by atoms with Gasteiger partial charge in [0.2, 0.25) is 0 Å². The lowest BCUT2D eigenvalue weighted by Crippen LogP contribution is -1.90.